The lowest BCUT2D eigenvalue weighted by Crippen LogP contribution is -2.30. The van der Waals surface area contributed by atoms with Crippen LogP contribution < -0.4 is 4.72 Å². The Morgan fingerprint density at radius 1 is 1.61 bits per heavy atom. The fourth-order valence-corrected chi connectivity index (χ4v) is 2.54. The van der Waals surface area contributed by atoms with Gasteiger partial charge >= 0.3 is 5.97 Å². The molecule has 1 heterocycles. The molecule has 0 fully saturated rings. The second-order valence-corrected chi connectivity index (χ2v) is 6.05. The van der Waals surface area contributed by atoms with Crippen molar-refractivity contribution in [1.29, 1.82) is 0 Å². The van der Waals surface area contributed by atoms with E-state index in [0.29, 0.717) is 11.5 Å². The number of aromatic nitrogens is 1. The van der Waals surface area contributed by atoms with E-state index in [0.717, 1.165) is 0 Å². The molecule has 7 nitrogen and oxygen atoms in total. The lowest BCUT2D eigenvalue weighted by molar-refractivity contribution is -0.137. The van der Waals surface area contributed by atoms with Crippen LogP contribution in [0.2, 0.25) is 0 Å². The summed E-state index contributed by atoms with van der Waals surface area (Å²) in [4.78, 5) is 10.4. The summed E-state index contributed by atoms with van der Waals surface area (Å²) in [6.07, 6.45) is -0.0778. The fourth-order valence-electron chi connectivity index (χ4n) is 1.37. The number of carboxylic acid groups (broad SMARTS) is 1. The highest BCUT2D eigenvalue weighted by Gasteiger charge is 2.16. The zero-order valence-electron chi connectivity index (χ0n) is 10.2. The average molecular weight is 276 g/mol. The van der Waals surface area contributed by atoms with E-state index >= 15 is 0 Å². The van der Waals surface area contributed by atoms with Crippen LogP contribution in [0.4, 0.5) is 0 Å². The van der Waals surface area contributed by atoms with Gasteiger partial charge in [-0.25, -0.2) is 13.1 Å². The number of hydrogen-bond donors (Lipinski definition) is 2. The van der Waals surface area contributed by atoms with E-state index in [-0.39, 0.29) is 24.6 Å². The summed E-state index contributed by atoms with van der Waals surface area (Å²) in [5.41, 5.74) is 0.325. The molecule has 1 unspecified atom stereocenters. The first-order chi connectivity index (χ1) is 8.28. The minimum absolute atomic E-state index is 0.0778. The lowest BCUT2D eigenvalue weighted by Gasteiger charge is -2.09. The number of carboxylic acids is 1. The maximum Gasteiger partial charge on any atom is 0.303 e. The summed E-state index contributed by atoms with van der Waals surface area (Å²) in [5, 5.41) is 12.1. The van der Waals surface area contributed by atoms with Gasteiger partial charge in [0.05, 0.1) is 0 Å². The third-order valence-electron chi connectivity index (χ3n) is 2.19. The van der Waals surface area contributed by atoms with Crippen LogP contribution in [-0.4, -0.2) is 31.2 Å². The molecule has 0 aliphatic carbocycles. The largest absolute Gasteiger partial charge is 0.481 e. The van der Waals surface area contributed by atoms with E-state index < -0.39 is 16.0 Å². The van der Waals surface area contributed by atoms with Crippen molar-refractivity contribution in [3.8, 4) is 0 Å². The molecule has 2 N–H and O–H groups in total. The Kier molecular flexibility index (Phi) is 4.85. The van der Waals surface area contributed by atoms with Crippen LogP contribution in [0.5, 0.6) is 0 Å². The summed E-state index contributed by atoms with van der Waals surface area (Å²) in [5.74, 6) is -0.950. The van der Waals surface area contributed by atoms with Crippen molar-refractivity contribution in [2.75, 3.05) is 6.54 Å². The Balaban J connectivity index is 2.47. The summed E-state index contributed by atoms with van der Waals surface area (Å²) in [7, 11) is -3.52. The van der Waals surface area contributed by atoms with Gasteiger partial charge in [-0.2, -0.15) is 0 Å². The first-order valence-electron chi connectivity index (χ1n) is 5.40. The van der Waals surface area contributed by atoms with Crippen LogP contribution >= 0.6 is 0 Å². The molecular formula is C10H16N2O5S. The molecular weight excluding hydrogens is 260 g/mol. The predicted molar refractivity (Wildman–Crippen MR) is 63.3 cm³/mol. The molecule has 0 aliphatic rings. The fraction of sp³-hybridized carbons (Fsp3) is 0.600. The number of aryl methyl sites for hydroxylation is 1. The third-order valence-corrected chi connectivity index (χ3v) is 3.47. The molecule has 0 aromatic carbocycles. The topological polar surface area (TPSA) is 110 Å². The molecule has 8 heteroatoms. The second kappa shape index (κ2) is 5.96. The van der Waals surface area contributed by atoms with Crippen LogP contribution in [0.25, 0.3) is 0 Å². The number of nitrogens with zero attached hydrogens (tertiary/aromatic N) is 1. The highest BCUT2D eigenvalue weighted by Crippen LogP contribution is 2.07. The van der Waals surface area contributed by atoms with E-state index in [9.17, 15) is 13.2 Å². The molecule has 0 radical (unpaired) electrons. The molecule has 1 rings (SSSR count). The molecule has 1 atom stereocenters. The summed E-state index contributed by atoms with van der Waals surface area (Å²) in [6, 6.07) is 1.54. The zero-order valence-corrected chi connectivity index (χ0v) is 11.0. The second-order valence-electron chi connectivity index (χ2n) is 4.24. The number of rotatable bonds is 7. The molecule has 0 spiro atoms. The van der Waals surface area contributed by atoms with E-state index in [1.807, 2.05) is 0 Å². The Bertz CT molecular complexity index is 508. The third kappa shape index (κ3) is 5.28. The first-order valence-corrected chi connectivity index (χ1v) is 7.05. The van der Waals surface area contributed by atoms with Gasteiger partial charge in [0.2, 0.25) is 10.0 Å². The minimum Gasteiger partial charge on any atom is -0.481 e. The van der Waals surface area contributed by atoms with Gasteiger partial charge in [-0.3, -0.25) is 4.79 Å². The van der Waals surface area contributed by atoms with E-state index in [2.05, 4.69) is 9.88 Å². The van der Waals surface area contributed by atoms with E-state index in [4.69, 9.17) is 9.63 Å². The summed E-state index contributed by atoms with van der Waals surface area (Å²) < 4.78 is 30.4. The molecule has 0 amide bonds. The predicted octanol–water partition coefficient (Wildman–Crippen LogP) is 0.513. The number of nitrogens with one attached hydrogen (secondary N) is 1. The van der Waals surface area contributed by atoms with Gasteiger partial charge in [-0.15, -0.1) is 0 Å². The monoisotopic (exact) mass is 276 g/mol. The Hall–Kier alpha value is -1.41. The number of sulfonamides is 1. The van der Waals surface area contributed by atoms with Crippen LogP contribution in [0.15, 0.2) is 10.6 Å². The van der Waals surface area contributed by atoms with Crippen LogP contribution in [0, 0.1) is 12.8 Å². The Morgan fingerprint density at radius 3 is 2.78 bits per heavy atom. The van der Waals surface area contributed by atoms with E-state index in [1.54, 1.807) is 19.9 Å². The minimum atomic E-state index is -3.52. The van der Waals surface area contributed by atoms with Crippen LogP contribution in [0.1, 0.15) is 24.8 Å². The van der Waals surface area contributed by atoms with Crippen molar-refractivity contribution in [2.45, 2.75) is 26.0 Å². The van der Waals surface area contributed by atoms with Crippen LogP contribution in [-0.2, 0) is 20.6 Å². The smallest absolute Gasteiger partial charge is 0.303 e. The van der Waals surface area contributed by atoms with Crippen molar-refractivity contribution in [1.82, 2.24) is 9.88 Å². The van der Waals surface area contributed by atoms with Gasteiger partial charge in [0.15, 0.2) is 0 Å². The van der Waals surface area contributed by atoms with Crippen molar-refractivity contribution in [3.63, 3.8) is 0 Å². The Labute approximate surface area is 105 Å². The number of carbonyl (C=O) groups is 1. The van der Waals surface area contributed by atoms with Gasteiger partial charge in [0.25, 0.3) is 0 Å². The molecule has 1 aromatic rings. The lowest BCUT2D eigenvalue weighted by atomic mass is 10.1. The van der Waals surface area contributed by atoms with E-state index in [1.165, 1.54) is 0 Å². The van der Waals surface area contributed by atoms with Gasteiger partial charge < -0.3 is 9.63 Å². The molecule has 0 saturated carbocycles. The quantitative estimate of drug-likeness (QED) is 0.751. The van der Waals surface area contributed by atoms with Gasteiger partial charge in [-0.05, 0) is 12.8 Å². The van der Waals surface area contributed by atoms with Crippen molar-refractivity contribution in [2.24, 2.45) is 5.92 Å². The normalized spacial score (nSPS) is 13.4. The molecule has 0 saturated heterocycles. The molecule has 1 aromatic heterocycles. The summed E-state index contributed by atoms with van der Waals surface area (Å²) in [6.45, 7) is 3.42. The average Bonchev–Trinajstić information content (AvgIpc) is 2.59. The first kappa shape index (κ1) is 14.7. The SMILES string of the molecule is Cc1cc(CS(=O)(=O)NCC(C)CC(=O)O)no1. The molecule has 0 bridgehead atoms. The van der Waals surface area contributed by atoms with Crippen molar-refractivity contribution >= 4 is 16.0 Å². The summed E-state index contributed by atoms with van der Waals surface area (Å²) >= 11 is 0. The molecule has 102 valence electrons. The van der Waals surface area contributed by atoms with Crippen molar-refractivity contribution < 1.29 is 22.8 Å². The maximum absolute atomic E-state index is 11.7. The molecule has 0 aliphatic heterocycles. The highest BCUT2D eigenvalue weighted by molar-refractivity contribution is 7.88. The van der Waals surface area contributed by atoms with Gasteiger partial charge in [0.1, 0.15) is 17.2 Å². The highest BCUT2D eigenvalue weighted by atomic mass is 32.2. The number of aliphatic carboxylic acids is 1. The van der Waals surface area contributed by atoms with Crippen molar-refractivity contribution in [3.05, 3.63) is 17.5 Å². The van der Waals surface area contributed by atoms with Crippen LogP contribution in [0.3, 0.4) is 0 Å². The standard InChI is InChI=1S/C10H16N2O5S/c1-7(3-10(13)14)5-11-18(15,16)6-9-4-8(2)17-12-9/h4,7,11H,3,5-6H2,1-2H3,(H,13,14). The zero-order chi connectivity index (χ0) is 13.8. The number of hydrogen-bond acceptors (Lipinski definition) is 5. The van der Waals surface area contributed by atoms with Gasteiger partial charge in [-0.1, -0.05) is 12.1 Å². The Morgan fingerprint density at radius 2 is 2.28 bits per heavy atom. The molecule has 18 heavy (non-hydrogen) atoms. The maximum atomic E-state index is 11.7. The van der Waals surface area contributed by atoms with Gasteiger partial charge in [0, 0.05) is 19.0 Å².